The number of likely N-dealkylation sites (tertiary alicyclic amines) is 1. The Kier molecular flexibility index (Phi) is 6.19. The third-order valence-corrected chi connectivity index (χ3v) is 6.29. The number of halogens is 1. The van der Waals surface area contributed by atoms with Crippen LogP contribution in [-0.4, -0.2) is 43.0 Å². The number of nitrogens with one attached hydrogen (secondary N) is 1. The molecule has 6 heteroatoms. The maximum Gasteiger partial charge on any atom is 0.253 e. The lowest BCUT2D eigenvalue weighted by Gasteiger charge is -2.32. The summed E-state index contributed by atoms with van der Waals surface area (Å²) >= 11 is 3.39. The number of carbonyl (C=O) groups is 2. The van der Waals surface area contributed by atoms with E-state index in [-0.39, 0.29) is 17.7 Å². The van der Waals surface area contributed by atoms with Gasteiger partial charge in [-0.25, -0.2) is 0 Å². The number of carbonyl (C=O) groups excluding carboxylic acids is 2. The molecular formula is C23H25BrN2O3. The molecule has 0 radical (unpaired) electrons. The van der Waals surface area contributed by atoms with Crippen LogP contribution in [-0.2, 0) is 11.2 Å². The van der Waals surface area contributed by atoms with Gasteiger partial charge in [0, 0.05) is 41.5 Å². The highest BCUT2D eigenvalue weighted by atomic mass is 79.9. The standard InChI is InChI=1S/C23H25BrN2O3/c24-20-7-5-18(6-8-20)23(28)26-11-9-17(10-12-26)22(27)25-14-16-13-19-3-1-2-4-21(19)29-15-16/h1-8,16-17H,9-15H2,(H,25,27). The van der Waals surface area contributed by atoms with Crippen molar-refractivity contribution in [1.29, 1.82) is 0 Å². The Morgan fingerprint density at radius 3 is 2.55 bits per heavy atom. The molecule has 2 heterocycles. The van der Waals surface area contributed by atoms with Crippen molar-refractivity contribution >= 4 is 27.7 Å². The monoisotopic (exact) mass is 456 g/mol. The summed E-state index contributed by atoms with van der Waals surface area (Å²) in [5.74, 6) is 1.36. The molecule has 0 aromatic heterocycles. The smallest absolute Gasteiger partial charge is 0.253 e. The minimum absolute atomic E-state index is 0.0271. The molecule has 0 bridgehead atoms. The van der Waals surface area contributed by atoms with E-state index in [9.17, 15) is 9.59 Å². The van der Waals surface area contributed by atoms with Crippen LogP contribution in [0.15, 0.2) is 53.0 Å². The predicted molar refractivity (Wildman–Crippen MR) is 115 cm³/mol. The molecule has 2 aromatic rings. The van der Waals surface area contributed by atoms with E-state index in [0.717, 1.165) is 16.6 Å². The first-order chi connectivity index (χ1) is 14.1. The summed E-state index contributed by atoms with van der Waals surface area (Å²) in [5, 5.41) is 3.11. The van der Waals surface area contributed by atoms with E-state index in [0.29, 0.717) is 50.6 Å². The topological polar surface area (TPSA) is 58.6 Å². The Bertz CT molecular complexity index is 876. The Balaban J connectivity index is 1.23. The number of nitrogens with zero attached hydrogens (tertiary/aromatic N) is 1. The first kappa shape index (κ1) is 20.0. The van der Waals surface area contributed by atoms with Gasteiger partial charge in [0.15, 0.2) is 0 Å². The molecule has 1 atom stereocenters. The first-order valence-corrected chi connectivity index (χ1v) is 10.9. The van der Waals surface area contributed by atoms with Gasteiger partial charge >= 0.3 is 0 Å². The van der Waals surface area contributed by atoms with E-state index in [1.807, 2.05) is 47.4 Å². The third kappa shape index (κ3) is 4.81. The Labute approximate surface area is 179 Å². The Morgan fingerprint density at radius 2 is 1.79 bits per heavy atom. The van der Waals surface area contributed by atoms with Crippen LogP contribution in [0.2, 0.25) is 0 Å². The fourth-order valence-corrected chi connectivity index (χ4v) is 4.30. The van der Waals surface area contributed by atoms with Crippen LogP contribution >= 0.6 is 15.9 Å². The molecule has 0 saturated carbocycles. The minimum Gasteiger partial charge on any atom is -0.493 e. The minimum atomic E-state index is -0.0271. The van der Waals surface area contributed by atoms with Gasteiger partial charge in [-0.3, -0.25) is 9.59 Å². The van der Waals surface area contributed by atoms with Gasteiger partial charge in [0.25, 0.3) is 5.91 Å². The molecule has 5 nitrogen and oxygen atoms in total. The quantitative estimate of drug-likeness (QED) is 0.763. The lowest BCUT2D eigenvalue weighted by atomic mass is 9.94. The molecule has 0 aliphatic carbocycles. The van der Waals surface area contributed by atoms with Crippen molar-refractivity contribution in [2.45, 2.75) is 19.3 Å². The highest BCUT2D eigenvalue weighted by Crippen LogP contribution is 2.26. The molecule has 1 unspecified atom stereocenters. The fraction of sp³-hybridized carbons (Fsp3) is 0.391. The van der Waals surface area contributed by atoms with E-state index in [4.69, 9.17) is 4.74 Å². The van der Waals surface area contributed by atoms with Gasteiger partial charge in [0.05, 0.1) is 6.61 Å². The number of benzene rings is 2. The molecular weight excluding hydrogens is 432 g/mol. The fourth-order valence-electron chi connectivity index (χ4n) is 4.03. The molecule has 2 aliphatic heterocycles. The number of amides is 2. The molecule has 4 rings (SSSR count). The summed E-state index contributed by atoms with van der Waals surface area (Å²) in [5.41, 5.74) is 1.89. The van der Waals surface area contributed by atoms with Crippen LogP contribution in [0.5, 0.6) is 5.75 Å². The summed E-state index contributed by atoms with van der Waals surface area (Å²) < 4.78 is 6.76. The zero-order valence-corrected chi connectivity index (χ0v) is 17.9. The largest absolute Gasteiger partial charge is 0.493 e. The molecule has 2 amide bonds. The zero-order chi connectivity index (χ0) is 20.2. The van der Waals surface area contributed by atoms with Crippen LogP contribution in [0.3, 0.4) is 0 Å². The molecule has 0 spiro atoms. The number of para-hydroxylation sites is 1. The van der Waals surface area contributed by atoms with Crippen molar-refractivity contribution in [3.63, 3.8) is 0 Å². The summed E-state index contributed by atoms with van der Waals surface area (Å²) in [6.45, 7) is 2.50. The SMILES string of the molecule is O=C(NCC1COc2ccccc2C1)C1CCN(C(=O)c2ccc(Br)cc2)CC1. The van der Waals surface area contributed by atoms with Crippen molar-refractivity contribution in [3.8, 4) is 5.75 Å². The van der Waals surface area contributed by atoms with Crippen LogP contribution < -0.4 is 10.1 Å². The predicted octanol–water partition coefficient (Wildman–Crippen LogP) is 3.67. The van der Waals surface area contributed by atoms with Crippen LogP contribution in [0.4, 0.5) is 0 Å². The second-order valence-corrected chi connectivity index (χ2v) is 8.72. The van der Waals surface area contributed by atoms with Gasteiger partial charge < -0.3 is 15.0 Å². The second-order valence-electron chi connectivity index (χ2n) is 7.81. The lowest BCUT2D eigenvalue weighted by molar-refractivity contribution is -0.126. The van der Waals surface area contributed by atoms with Crippen molar-refractivity contribution in [2.75, 3.05) is 26.2 Å². The summed E-state index contributed by atoms with van der Waals surface area (Å²) in [6, 6.07) is 15.5. The van der Waals surface area contributed by atoms with Crippen molar-refractivity contribution in [2.24, 2.45) is 11.8 Å². The van der Waals surface area contributed by atoms with E-state index >= 15 is 0 Å². The van der Waals surface area contributed by atoms with Crippen molar-refractivity contribution < 1.29 is 14.3 Å². The lowest BCUT2D eigenvalue weighted by Crippen LogP contribution is -2.44. The van der Waals surface area contributed by atoms with Crippen LogP contribution in [0, 0.1) is 11.8 Å². The summed E-state index contributed by atoms with van der Waals surface area (Å²) in [7, 11) is 0. The summed E-state index contributed by atoms with van der Waals surface area (Å²) in [6.07, 6.45) is 2.34. The van der Waals surface area contributed by atoms with E-state index < -0.39 is 0 Å². The van der Waals surface area contributed by atoms with Gasteiger partial charge in [-0.15, -0.1) is 0 Å². The number of hydrogen-bond donors (Lipinski definition) is 1. The zero-order valence-electron chi connectivity index (χ0n) is 16.3. The van der Waals surface area contributed by atoms with Gasteiger partial charge in [0.2, 0.25) is 5.91 Å². The van der Waals surface area contributed by atoms with E-state index in [1.54, 1.807) is 0 Å². The summed E-state index contributed by atoms with van der Waals surface area (Å²) in [4.78, 5) is 27.1. The maximum absolute atomic E-state index is 12.6. The number of fused-ring (bicyclic) bond motifs is 1. The maximum atomic E-state index is 12.6. The molecule has 2 aromatic carbocycles. The molecule has 2 aliphatic rings. The van der Waals surface area contributed by atoms with Gasteiger partial charge in [0.1, 0.15) is 5.75 Å². The van der Waals surface area contributed by atoms with Crippen LogP contribution in [0.25, 0.3) is 0 Å². The number of ether oxygens (including phenoxy) is 1. The Hall–Kier alpha value is -2.34. The third-order valence-electron chi connectivity index (χ3n) is 5.76. The van der Waals surface area contributed by atoms with Crippen molar-refractivity contribution in [3.05, 3.63) is 64.1 Å². The highest BCUT2D eigenvalue weighted by molar-refractivity contribution is 9.10. The Morgan fingerprint density at radius 1 is 1.07 bits per heavy atom. The first-order valence-electron chi connectivity index (χ1n) is 10.1. The molecule has 1 N–H and O–H groups in total. The normalized spacial score (nSPS) is 19.2. The molecule has 1 fully saturated rings. The number of hydrogen-bond acceptors (Lipinski definition) is 3. The number of rotatable bonds is 4. The van der Waals surface area contributed by atoms with Gasteiger partial charge in [-0.2, -0.15) is 0 Å². The van der Waals surface area contributed by atoms with E-state index in [2.05, 4.69) is 27.3 Å². The van der Waals surface area contributed by atoms with Crippen LogP contribution in [0.1, 0.15) is 28.8 Å². The van der Waals surface area contributed by atoms with E-state index in [1.165, 1.54) is 5.56 Å². The highest BCUT2D eigenvalue weighted by Gasteiger charge is 2.28. The number of piperidine rings is 1. The second kappa shape index (κ2) is 8.99. The average Bonchev–Trinajstić information content (AvgIpc) is 2.77. The molecule has 29 heavy (non-hydrogen) atoms. The van der Waals surface area contributed by atoms with Gasteiger partial charge in [-0.05, 0) is 55.2 Å². The molecule has 1 saturated heterocycles. The van der Waals surface area contributed by atoms with Crippen molar-refractivity contribution in [1.82, 2.24) is 10.2 Å². The van der Waals surface area contributed by atoms with Gasteiger partial charge in [-0.1, -0.05) is 34.1 Å². The molecule has 152 valence electrons. The average molecular weight is 457 g/mol.